The quantitative estimate of drug-likeness (QED) is 0.756. The maximum atomic E-state index is 11.8. The average Bonchev–Trinajstić information content (AvgIpc) is 2.56. The molecule has 4 nitrogen and oxygen atoms in total. The molecule has 2 aromatic carbocycles. The maximum Gasteiger partial charge on any atom is 0.324 e. The van der Waals surface area contributed by atoms with Crippen LogP contribution in [0.4, 0.5) is 16.2 Å². The summed E-state index contributed by atoms with van der Waals surface area (Å²) in [6.45, 7) is 0. The lowest BCUT2D eigenvalue weighted by Crippen LogP contribution is -2.32. The second-order valence-electron chi connectivity index (χ2n) is 4.28. The standard InChI is InChI=1S/C15H12N2O2/c16-15(19)17-12-6-2-1-4-10(12)8-9-11-5-3-7-13(18)14(11)17/h1-9,18H,(H2,16,19). The Balaban J connectivity index is 2.35. The summed E-state index contributed by atoms with van der Waals surface area (Å²) in [5.41, 5.74) is 8.17. The number of primary amides is 1. The molecule has 1 aliphatic rings. The number of phenolic OH excluding ortho intramolecular Hbond substituents is 1. The van der Waals surface area contributed by atoms with E-state index in [1.165, 1.54) is 11.0 Å². The van der Waals surface area contributed by atoms with Gasteiger partial charge in [-0.3, -0.25) is 4.90 Å². The summed E-state index contributed by atoms with van der Waals surface area (Å²) >= 11 is 0. The van der Waals surface area contributed by atoms with E-state index in [-0.39, 0.29) is 5.75 Å². The summed E-state index contributed by atoms with van der Waals surface area (Å²) in [6.07, 6.45) is 3.76. The summed E-state index contributed by atoms with van der Waals surface area (Å²) in [5.74, 6) is 0.0256. The maximum absolute atomic E-state index is 11.8. The lowest BCUT2D eigenvalue weighted by molar-refractivity contribution is 0.256. The Morgan fingerprint density at radius 1 is 1.00 bits per heavy atom. The molecule has 0 fully saturated rings. The zero-order valence-corrected chi connectivity index (χ0v) is 10.1. The van der Waals surface area contributed by atoms with Crippen molar-refractivity contribution in [3.05, 3.63) is 53.6 Å². The molecule has 19 heavy (non-hydrogen) atoms. The predicted octanol–water partition coefficient (Wildman–Crippen LogP) is 3.09. The number of benzene rings is 2. The van der Waals surface area contributed by atoms with Gasteiger partial charge in [-0.15, -0.1) is 0 Å². The zero-order valence-electron chi connectivity index (χ0n) is 10.1. The molecule has 0 saturated heterocycles. The van der Waals surface area contributed by atoms with Crippen LogP contribution in [0.15, 0.2) is 42.5 Å². The lowest BCUT2D eigenvalue weighted by atomic mass is 10.1. The fourth-order valence-corrected chi connectivity index (χ4v) is 2.29. The van der Waals surface area contributed by atoms with E-state index in [4.69, 9.17) is 5.73 Å². The van der Waals surface area contributed by atoms with Crippen LogP contribution in [0, 0.1) is 0 Å². The summed E-state index contributed by atoms with van der Waals surface area (Å²) in [4.78, 5) is 13.1. The first kappa shape index (κ1) is 11.3. The Morgan fingerprint density at radius 3 is 2.47 bits per heavy atom. The fourth-order valence-electron chi connectivity index (χ4n) is 2.29. The minimum absolute atomic E-state index is 0.0256. The number of carbonyl (C=O) groups excluding carboxylic acids is 1. The van der Waals surface area contributed by atoms with E-state index in [1.54, 1.807) is 12.1 Å². The van der Waals surface area contributed by atoms with E-state index >= 15 is 0 Å². The number of fused-ring (bicyclic) bond motifs is 2. The van der Waals surface area contributed by atoms with Crippen LogP contribution in [0.25, 0.3) is 12.2 Å². The number of nitrogens with zero attached hydrogens (tertiary/aromatic N) is 1. The third-order valence-electron chi connectivity index (χ3n) is 3.11. The summed E-state index contributed by atoms with van der Waals surface area (Å²) in [7, 11) is 0. The van der Waals surface area contributed by atoms with Crippen LogP contribution in [0.5, 0.6) is 5.75 Å². The molecule has 0 radical (unpaired) electrons. The number of hydrogen-bond acceptors (Lipinski definition) is 2. The van der Waals surface area contributed by atoms with Crippen molar-refractivity contribution < 1.29 is 9.90 Å². The number of phenols is 1. The second kappa shape index (κ2) is 4.17. The molecule has 2 aromatic rings. The third kappa shape index (κ3) is 1.74. The average molecular weight is 252 g/mol. The number of urea groups is 1. The Bertz CT molecular complexity index is 692. The normalized spacial score (nSPS) is 12.5. The number of aromatic hydroxyl groups is 1. The first-order chi connectivity index (χ1) is 9.18. The van der Waals surface area contributed by atoms with Gasteiger partial charge >= 0.3 is 6.03 Å². The topological polar surface area (TPSA) is 66.6 Å². The predicted molar refractivity (Wildman–Crippen MR) is 75.2 cm³/mol. The molecule has 0 aromatic heterocycles. The van der Waals surface area contributed by atoms with Gasteiger partial charge in [0.15, 0.2) is 0 Å². The fraction of sp³-hybridized carbons (Fsp3) is 0. The highest BCUT2D eigenvalue weighted by atomic mass is 16.3. The number of hydrogen-bond donors (Lipinski definition) is 2. The molecule has 3 N–H and O–H groups in total. The van der Waals surface area contributed by atoms with E-state index in [9.17, 15) is 9.90 Å². The van der Waals surface area contributed by atoms with Crippen molar-refractivity contribution in [2.45, 2.75) is 0 Å². The molecule has 4 heteroatoms. The molecule has 1 heterocycles. The van der Waals surface area contributed by atoms with E-state index in [0.29, 0.717) is 11.4 Å². The zero-order chi connectivity index (χ0) is 13.4. The number of anilines is 2. The molecule has 0 spiro atoms. The van der Waals surface area contributed by atoms with Crippen molar-refractivity contribution in [1.29, 1.82) is 0 Å². The molecule has 0 atom stereocenters. The Morgan fingerprint density at radius 2 is 1.68 bits per heavy atom. The first-order valence-electron chi connectivity index (χ1n) is 5.87. The number of amides is 2. The van der Waals surface area contributed by atoms with Crippen molar-refractivity contribution in [2.75, 3.05) is 4.90 Å². The highest BCUT2D eigenvalue weighted by molar-refractivity contribution is 6.06. The smallest absolute Gasteiger partial charge is 0.324 e. The highest BCUT2D eigenvalue weighted by Crippen LogP contribution is 2.41. The molecule has 0 bridgehead atoms. The van der Waals surface area contributed by atoms with Crippen LogP contribution in [0.2, 0.25) is 0 Å². The first-order valence-corrected chi connectivity index (χ1v) is 5.87. The van der Waals surface area contributed by atoms with Crippen molar-refractivity contribution in [3.63, 3.8) is 0 Å². The number of nitrogens with two attached hydrogens (primary N) is 1. The molecule has 3 rings (SSSR count). The van der Waals surface area contributed by atoms with Gasteiger partial charge in [0.1, 0.15) is 5.75 Å². The molecular weight excluding hydrogens is 240 g/mol. The van der Waals surface area contributed by atoms with Crippen molar-refractivity contribution in [3.8, 4) is 5.75 Å². The van der Waals surface area contributed by atoms with Gasteiger partial charge in [0.25, 0.3) is 0 Å². The minimum Gasteiger partial charge on any atom is -0.506 e. The largest absolute Gasteiger partial charge is 0.506 e. The van der Waals surface area contributed by atoms with Gasteiger partial charge in [0.05, 0.1) is 11.4 Å². The molecular formula is C15H12N2O2. The van der Waals surface area contributed by atoms with E-state index in [0.717, 1.165) is 11.1 Å². The van der Waals surface area contributed by atoms with Crippen LogP contribution in [-0.2, 0) is 0 Å². The van der Waals surface area contributed by atoms with Gasteiger partial charge in [-0.2, -0.15) is 0 Å². The molecule has 1 aliphatic heterocycles. The van der Waals surface area contributed by atoms with Gasteiger partial charge < -0.3 is 10.8 Å². The summed E-state index contributed by atoms with van der Waals surface area (Å²) < 4.78 is 0. The monoisotopic (exact) mass is 252 g/mol. The van der Waals surface area contributed by atoms with Gasteiger partial charge in [-0.1, -0.05) is 42.5 Å². The van der Waals surface area contributed by atoms with Crippen LogP contribution in [-0.4, -0.2) is 11.1 Å². The van der Waals surface area contributed by atoms with Gasteiger partial charge in [0.2, 0.25) is 0 Å². The molecule has 2 amide bonds. The number of carbonyl (C=O) groups is 1. The Kier molecular flexibility index (Phi) is 2.49. The van der Waals surface area contributed by atoms with E-state index in [2.05, 4.69) is 0 Å². The second-order valence-corrected chi connectivity index (χ2v) is 4.28. The van der Waals surface area contributed by atoms with Crippen LogP contribution in [0.1, 0.15) is 11.1 Å². The van der Waals surface area contributed by atoms with Crippen molar-refractivity contribution in [2.24, 2.45) is 5.73 Å². The van der Waals surface area contributed by atoms with Gasteiger partial charge in [0, 0.05) is 5.56 Å². The Hall–Kier alpha value is -2.75. The molecule has 0 saturated carbocycles. The summed E-state index contributed by atoms with van der Waals surface area (Å²) in [6, 6.07) is 11.9. The van der Waals surface area contributed by atoms with Crippen LogP contribution >= 0.6 is 0 Å². The minimum atomic E-state index is -0.626. The molecule has 94 valence electrons. The molecule has 0 unspecified atom stereocenters. The van der Waals surface area contributed by atoms with Crippen LogP contribution < -0.4 is 10.6 Å². The third-order valence-corrected chi connectivity index (χ3v) is 3.11. The molecule has 0 aliphatic carbocycles. The van der Waals surface area contributed by atoms with Crippen LogP contribution in [0.3, 0.4) is 0 Å². The Labute approximate surface area is 110 Å². The van der Waals surface area contributed by atoms with Gasteiger partial charge in [-0.05, 0) is 17.7 Å². The van der Waals surface area contributed by atoms with Gasteiger partial charge in [-0.25, -0.2) is 4.79 Å². The highest BCUT2D eigenvalue weighted by Gasteiger charge is 2.24. The van der Waals surface area contributed by atoms with Crippen molar-refractivity contribution >= 4 is 29.6 Å². The van der Waals surface area contributed by atoms with Crippen molar-refractivity contribution in [1.82, 2.24) is 0 Å². The van der Waals surface area contributed by atoms with E-state index in [1.807, 2.05) is 36.4 Å². The lowest BCUT2D eigenvalue weighted by Gasteiger charge is -2.23. The number of rotatable bonds is 0. The number of para-hydroxylation sites is 2. The van der Waals surface area contributed by atoms with E-state index < -0.39 is 6.03 Å². The SMILES string of the molecule is NC(=O)N1c2ccccc2C=Cc2cccc(O)c21. The summed E-state index contributed by atoms with van der Waals surface area (Å²) in [5, 5.41) is 10.0.